The first-order chi connectivity index (χ1) is 11.2. The number of aryl methyl sites for hydroxylation is 2. The fourth-order valence-corrected chi connectivity index (χ4v) is 3.42. The van der Waals surface area contributed by atoms with E-state index in [1.54, 1.807) is 11.8 Å². The van der Waals surface area contributed by atoms with E-state index in [4.69, 9.17) is 5.10 Å². The molecule has 0 atom stereocenters. The highest BCUT2D eigenvalue weighted by molar-refractivity contribution is 8.93. The van der Waals surface area contributed by atoms with E-state index in [0.717, 1.165) is 33.6 Å². The predicted molar refractivity (Wildman–Crippen MR) is 104 cm³/mol. The summed E-state index contributed by atoms with van der Waals surface area (Å²) in [5, 5.41) is 14.3. The summed E-state index contributed by atoms with van der Waals surface area (Å²) in [5.74, 6) is 1.61. The van der Waals surface area contributed by atoms with Gasteiger partial charge in [-0.05, 0) is 25.5 Å². The highest BCUT2D eigenvalue weighted by Crippen LogP contribution is 2.28. The second-order valence-electron chi connectivity index (χ2n) is 5.69. The summed E-state index contributed by atoms with van der Waals surface area (Å²) < 4.78 is 1.86. The molecule has 1 aliphatic rings. The first-order valence-electron chi connectivity index (χ1n) is 7.51. The van der Waals surface area contributed by atoms with Crippen molar-refractivity contribution in [3.8, 4) is 11.4 Å². The Hall–Kier alpha value is -1.92. The maximum atomic E-state index is 4.80. The van der Waals surface area contributed by atoms with Crippen molar-refractivity contribution in [2.75, 3.05) is 5.75 Å². The van der Waals surface area contributed by atoms with Crippen molar-refractivity contribution < 1.29 is 0 Å². The number of hydrogen-bond acceptors (Lipinski definition) is 4. The lowest BCUT2D eigenvalue weighted by Gasteiger charge is -2.14. The second kappa shape index (κ2) is 6.91. The molecule has 0 aliphatic carbocycles. The number of rotatable bonds is 2. The van der Waals surface area contributed by atoms with Crippen LogP contribution in [0.1, 0.15) is 16.7 Å². The lowest BCUT2D eigenvalue weighted by Crippen LogP contribution is -2.13. The molecule has 2 heterocycles. The van der Waals surface area contributed by atoms with E-state index in [1.807, 2.05) is 16.8 Å². The summed E-state index contributed by atoms with van der Waals surface area (Å²) in [6, 6.07) is 16.7. The van der Waals surface area contributed by atoms with E-state index >= 15 is 0 Å². The quantitative estimate of drug-likeness (QED) is 0.635. The van der Waals surface area contributed by atoms with Gasteiger partial charge in [-0.1, -0.05) is 65.4 Å². The molecule has 1 aromatic heterocycles. The van der Waals surface area contributed by atoms with Crippen molar-refractivity contribution in [2.24, 2.45) is 5.10 Å². The van der Waals surface area contributed by atoms with Gasteiger partial charge in [0.05, 0.1) is 5.71 Å². The van der Waals surface area contributed by atoms with E-state index in [0.29, 0.717) is 0 Å². The van der Waals surface area contributed by atoms with Crippen molar-refractivity contribution in [3.63, 3.8) is 0 Å². The molecule has 122 valence electrons. The Morgan fingerprint density at radius 1 is 0.917 bits per heavy atom. The lowest BCUT2D eigenvalue weighted by atomic mass is 10.1. The molecule has 0 unspecified atom stereocenters. The molecule has 0 radical (unpaired) electrons. The van der Waals surface area contributed by atoms with Gasteiger partial charge < -0.3 is 0 Å². The molecule has 3 aromatic rings. The van der Waals surface area contributed by atoms with E-state index in [2.05, 4.69) is 60.4 Å². The fraction of sp³-hybridized carbons (Fsp3) is 0.167. The van der Waals surface area contributed by atoms with Crippen LogP contribution >= 0.6 is 28.7 Å². The first kappa shape index (κ1) is 16.9. The number of fused-ring (bicyclic) bond motifs is 1. The fourth-order valence-electron chi connectivity index (χ4n) is 2.58. The normalized spacial score (nSPS) is 13.0. The van der Waals surface area contributed by atoms with E-state index in [-0.39, 0.29) is 17.0 Å². The standard InChI is InChI=1S/C18H16N4S.BrH/c1-12-6-8-14(9-7-12)16-11-23-18-20-19-17(22(18)21-16)15-5-3-4-13(2)10-15;/h3-10H,11H2,1-2H3;1H. The largest absolute Gasteiger partial charge is 0.212 e. The van der Waals surface area contributed by atoms with E-state index < -0.39 is 0 Å². The smallest absolute Gasteiger partial charge is 0.187 e. The molecule has 0 amide bonds. The Kier molecular flexibility index (Phi) is 4.87. The molecular weight excluding hydrogens is 384 g/mol. The van der Waals surface area contributed by atoms with Crippen LogP contribution in [-0.2, 0) is 0 Å². The first-order valence-corrected chi connectivity index (χ1v) is 8.49. The molecule has 0 fully saturated rings. The van der Waals surface area contributed by atoms with Crippen LogP contribution in [0.2, 0.25) is 0 Å². The van der Waals surface area contributed by atoms with Crippen molar-refractivity contribution in [3.05, 3.63) is 65.2 Å². The van der Waals surface area contributed by atoms with Gasteiger partial charge in [0.1, 0.15) is 0 Å². The summed E-state index contributed by atoms with van der Waals surface area (Å²) in [6.45, 7) is 4.17. The number of aromatic nitrogens is 3. The zero-order chi connectivity index (χ0) is 15.8. The van der Waals surface area contributed by atoms with Crippen LogP contribution in [0.15, 0.2) is 58.8 Å². The van der Waals surface area contributed by atoms with Crippen LogP contribution in [-0.4, -0.2) is 26.3 Å². The summed E-state index contributed by atoms with van der Waals surface area (Å²) in [6.07, 6.45) is 0. The van der Waals surface area contributed by atoms with Gasteiger partial charge in [-0.15, -0.1) is 27.2 Å². The van der Waals surface area contributed by atoms with Crippen LogP contribution in [0, 0.1) is 13.8 Å². The SMILES string of the molecule is Br.Cc1ccc(C2=Nn3c(nnc3-c3cccc(C)c3)SC2)cc1. The summed E-state index contributed by atoms with van der Waals surface area (Å²) >= 11 is 1.67. The van der Waals surface area contributed by atoms with Gasteiger partial charge in [0.25, 0.3) is 0 Å². The van der Waals surface area contributed by atoms with Crippen LogP contribution in [0.25, 0.3) is 11.4 Å². The summed E-state index contributed by atoms with van der Waals surface area (Å²) in [7, 11) is 0. The highest BCUT2D eigenvalue weighted by atomic mass is 79.9. The third-order valence-corrected chi connectivity index (χ3v) is 4.76. The van der Waals surface area contributed by atoms with Crippen molar-refractivity contribution in [1.29, 1.82) is 0 Å². The Morgan fingerprint density at radius 2 is 1.71 bits per heavy atom. The van der Waals surface area contributed by atoms with Crippen molar-refractivity contribution in [2.45, 2.75) is 19.0 Å². The molecule has 24 heavy (non-hydrogen) atoms. The Morgan fingerprint density at radius 3 is 2.46 bits per heavy atom. The van der Waals surface area contributed by atoms with Crippen molar-refractivity contribution >= 4 is 34.5 Å². The zero-order valence-electron chi connectivity index (χ0n) is 13.4. The molecule has 0 saturated heterocycles. The summed E-state index contributed by atoms with van der Waals surface area (Å²) in [5.41, 5.74) is 5.70. The maximum absolute atomic E-state index is 4.80. The number of hydrogen-bond donors (Lipinski definition) is 0. The number of nitrogens with zero attached hydrogens (tertiary/aromatic N) is 4. The predicted octanol–water partition coefficient (Wildman–Crippen LogP) is 4.50. The molecule has 0 saturated carbocycles. The van der Waals surface area contributed by atoms with E-state index in [9.17, 15) is 0 Å². The van der Waals surface area contributed by atoms with Crippen LogP contribution in [0.5, 0.6) is 0 Å². The van der Waals surface area contributed by atoms with Crippen molar-refractivity contribution in [1.82, 2.24) is 14.9 Å². The minimum absolute atomic E-state index is 0. The molecule has 6 heteroatoms. The van der Waals surface area contributed by atoms with Gasteiger partial charge in [0.15, 0.2) is 5.82 Å². The molecule has 4 rings (SSSR count). The average Bonchev–Trinajstić information content (AvgIpc) is 2.98. The minimum atomic E-state index is 0. The Bertz CT molecular complexity index is 900. The van der Waals surface area contributed by atoms with Crippen LogP contribution in [0.4, 0.5) is 0 Å². The zero-order valence-corrected chi connectivity index (χ0v) is 16.0. The number of thioether (sulfide) groups is 1. The molecule has 4 nitrogen and oxygen atoms in total. The Balaban J connectivity index is 0.00000169. The van der Waals surface area contributed by atoms with Gasteiger partial charge in [0, 0.05) is 11.3 Å². The molecule has 0 N–H and O–H groups in total. The second-order valence-corrected chi connectivity index (χ2v) is 6.63. The maximum Gasteiger partial charge on any atom is 0.212 e. The van der Waals surface area contributed by atoms with E-state index in [1.165, 1.54) is 11.1 Å². The summed E-state index contributed by atoms with van der Waals surface area (Å²) in [4.78, 5) is 0. The molecule has 1 aliphatic heterocycles. The third-order valence-electron chi connectivity index (χ3n) is 3.83. The number of benzene rings is 2. The van der Waals surface area contributed by atoms with Gasteiger partial charge >= 0.3 is 0 Å². The molecule has 2 aromatic carbocycles. The molecule has 0 spiro atoms. The van der Waals surface area contributed by atoms with Gasteiger partial charge in [-0.2, -0.15) is 9.78 Å². The number of halogens is 1. The monoisotopic (exact) mass is 400 g/mol. The van der Waals surface area contributed by atoms with Gasteiger partial charge in [0.2, 0.25) is 5.16 Å². The molecular formula is C18H17BrN4S. The van der Waals surface area contributed by atoms with Gasteiger partial charge in [-0.25, -0.2) is 0 Å². The van der Waals surface area contributed by atoms with Crippen LogP contribution in [0.3, 0.4) is 0 Å². The molecule has 0 bridgehead atoms. The minimum Gasteiger partial charge on any atom is -0.187 e. The third kappa shape index (κ3) is 3.16. The average molecular weight is 401 g/mol. The topological polar surface area (TPSA) is 43.1 Å². The Labute approximate surface area is 155 Å². The van der Waals surface area contributed by atoms with Gasteiger partial charge in [-0.3, -0.25) is 0 Å². The lowest BCUT2D eigenvalue weighted by molar-refractivity contribution is 0.762. The van der Waals surface area contributed by atoms with Crippen LogP contribution < -0.4 is 0 Å². The highest BCUT2D eigenvalue weighted by Gasteiger charge is 2.20.